The Hall–Kier alpha value is -1.06. The van der Waals surface area contributed by atoms with Gasteiger partial charge in [0.15, 0.2) is 0 Å². The van der Waals surface area contributed by atoms with Gasteiger partial charge in [-0.25, -0.2) is 0 Å². The van der Waals surface area contributed by atoms with E-state index in [2.05, 4.69) is 24.0 Å². The van der Waals surface area contributed by atoms with Crippen LogP contribution in [0.25, 0.3) is 0 Å². The average molecular weight is 235 g/mol. The van der Waals surface area contributed by atoms with Crippen molar-refractivity contribution >= 4 is 0 Å². The zero-order valence-corrected chi connectivity index (χ0v) is 10.4. The standard InChI is InChI=1S/C14H21NO2/c1-2-9-17-14-5-3-12(4-6-14)10-15-8-7-13(16)11-15/h3-6,13,16H,2,7-11H2,1H3/t13-/m0/s1. The fourth-order valence-electron chi connectivity index (χ4n) is 2.13. The van der Waals surface area contributed by atoms with E-state index in [9.17, 15) is 5.11 Å². The number of aliphatic hydroxyl groups is 1. The molecule has 0 bridgehead atoms. The second-order valence-corrected chi connectivity index (χ2v) is 4.67. The summed E-state index contributed by atoms with van der Waals surface area (Å²) < 4.78 is 5.54. The Morgan fingerprint density at radius 3 is 2.71 bits per heavy atom. The maximum atomic E-state index is 9.46. The Labute approximate surface area is 103 Å². The largest absolute Gasteiger partial charge is 0.494 e. The van der Waals surface area contributed by atoms with Crippen molar-refractivity contribution in [3.05, 3.63) is 29.8 Å². The van der Waals surface area contributed by atoms with Gasteiger partial charge in [-0.15, -0.1) is 0 Å². The average Bonchev–Trinajstić information content (AvgIpc) is 2.74. The van der Waals surface area contributed by atoms with Gasteiger partial charge < -0.3 is 9.84 Å². The first-order valence-corrected chi connectivity index (χ1v) is 6.40. The fraction of sp³-hybridized carbons (Fsp3) is 0.571. The molecule has 1 atom stereocenters. The first kappa shape index (κ1) is 12.4. The summed E-state index contributed by atoms with van der Waals surface area (Å²) >= 11 is 0. The van der Waals surface area contributed by atoms with Crippen LogP contribution < -0.4 is 4.74 Å². The Morgan fingerprint density at radius 1 is 1.35 bits per heavy atom. The second-order valence-electron chi connectivity index (χ2n) is 4.67. The predicted octanol–water partition coefficient (Wildman–Crippen LogP) is 2.04. The SMILES string of the molecule is CCCOc1ccc(CN2CC[C@H](O)C2)cc1. The number of β-amino-alcohol motifs (C(OH)–C–C–N with tert-alkyl or cyclic N) is 1. The third kappa shape index (κ3) is 3.72. The lowest BCUT2D eigenvalue weighted by molar-refractivity contribution is 0.175. The topological polar surface area (TPSA) is 32.7 Å². The molecule has 0 spiro atoms. The molecule has 2 rings (SSSR count). The highest BCUT2D eigenvalue weighted by Gasteiger charge is 2.19. The summed E-state index contributed by atoms with van der Waals surface area (Å²) in [5.74, 6) is 0.942. The first-order valence-electron chi connectivity index (χ1n) is 6.40. The molecule has 0 amide bonds. The molecule has 17 heavy (non-hydrogen) atoms. The smallest absolute Gasteiger partial charge is 0.119 e. The molecular weight excluding hydrogens is 214 g/mol. The van der Waals surface area contributed by atoms with Crippen molar-refractivity contribution in [1.82, 2.24) is 4.90 Å². The third-order valence-corrected chi connectivity index (χ3v) is 3.05. The molecule has 1 aliphatic heterocycles. The minimum atomic E-state index is -0.137. The number of ether oxygens (including phenoxy) is 1. The molecular formula is C14H21NO2. The molecule has 1 aromatic rings. The van der Waals surface area contributed by atoms with Gasteiger partial charge >= 0.3 is 0 Å². The minimum absolute atomic E-state index is 0.137. The van der Waals surface area contributed by atoms with Crippen LogP contribution in [0.2, 0.25) is 0 Å². The number of hydrogen-bond donors (Lipinski definition) is 1. The van der Waals surface area contributed by atoms with Gasteiger partial charge in [0.05, 0.1) is 12.7 Å². The van der Waals surface area contributed by atoms with Crippen molar-refractivity contribution in [1.29, 1.82) is 0 Å². The Bertz CT molecular complexity index is 337. The molecule has 94 valence electrons. The number of nitrogens with zero attached hydrogens (tertiary/aromatic N) is 1. The van der Waals surface area contributed by atoms with Gasteiger partial charge in [-0.3, -0.25) is 4.90 Å². The van der Waals surface area contributed by atoms with Crippen molar-refractivity contribution in [2.75, 3.05) is 19.7 Å². The normalized spacial score (nSPS) is 20.7. The monoisotopic (exact) mass is 235 g/mol. The number of hydrogen-bond acceptors (Lipinski definition) is 3. The molecule has 3 nitrogen and oxygen atoms in total. The van der Waals surface area contributed by atoms with Gasteiger partial charge in [0.2, 0.25) is 0 Å². The molecule has 1 aromatic carbocycles. The molecule has 3 heteroatoms. The van der Waals surface area contributed by atoms with E-state index in [1.807, 2.05) is 12.1 Å². The van der Waals surface area contributed by atoms with Gasteiger partial charge in [0.25, 0.3) is 0 Å². The molecule has 1 aliphatic rings. The van der Waals surface area contributed by atoms with E-state index in [4.69, 9.17) is 4.74 Å². The highest BCUT2D eigenvalue weighted by Crippen LogP contribution is 2.16. The lowest BCUT2D eigenvalue weighted by Gasteiger charge is -2.15. The fourth-order valence-corrected chi connectivity index (χ4v) is 2.13. The Kier molecular flexibility index (Phi) is 4.40. The zero-order valence-electron chi connectivity index (χ0n) is 10.4. The summed E-state index contributed by atoms with van der Waals surface area (Å²) in [5.41, 5.74) is 1.28. The molecule has 1 N–H and O–H groups in total. The molecule has 0 saturated carbocycles. The van der Waals surface area contributed by atoms with E-state index in [0.717, 1.165) is 44.8 Å². The number of benzene rings is 1. The lowest BCUT2D eigenvalue weighted by atomic mass is 10.2. The van der Waals surface area contributed by atoms with Crippen LogP contribution in [-0.2, 0) is 6.54 Å². The van der Waals surface area contributed by atoms with Crippen molar-refractivity contribution in [2.24, 2.45) is 0 Å². The van der Waals surface area contributed by atoms with Crippen LogP contribution in [0.1, 0.15) is 25.3 Å². The van der Waals surface area contributed by atoms with E-state index in [1.54, 1.807) is 0 Å². The summed E-state index contributed by atoms with van der Waals surface area (Å²) in [7, 11) is 0. The van der Waals surface area contributed by atoms with Crippen molar-refractivity contribution < 1.29 is 9.84 Å². The van der Waals surface area contributed by atoms with Crippen LogP contribution in [0, 0.1) is 0 Å². The molecule has 1 saturated heterocycles. The second kappa shape index (κ2) is 6.03. The number of rotatable bonds is 5. The van der Waals surface area contributed by atoms with Gasteiger partial charge in [-0.2, -0.15) is 0 Å². The predicted molar refractivity (Wildman–Crippen MR) is 68.1 cm³/mol. The number of likely N-dealkylation sites (tertiary alicyclic amines) is 1. The van der Waals surface area contributed by atoms with E-state index in [-0.39, 0.29) is 6.10 Å². The van der Waals surface area contributed by atoms with E-state index in [1.165, 1.54) is 5.56 Å². The summed E-state index contributed by atoms with van der Waals surface area (Å²) in [6, 6.07) is 8.26. The van der Waals surface area contributed by atoms with E-state index >= 15 is 0 Å². The summed E-state index contributed by atoms with van der Waals surface area (Å²) in [6.45, 7) is 5.60. The summed E-state index contributed by atoms with van der Waals surface area (Å²) in [4.78, 5) is 2.28. The molecule has 0 radical (unpaired) electrons. The minimum Gasteiger partial charge on any atom is -0.494 e. The van der Waals surface area contributed by atoms with Gasteiger partial charge in [0, 0.05) is 19.6 Å². The van der Waals surface area contributed by atoms with Crippen molar-refractivity contribution in [3.63, 3.8) is 0 Å². The first-order chi connectivity index (χ1) is 8.28. The van der Waals surface area contributed by atoms with Crippen LogP contribution in [0.15, 0.2) is 24.3 Å². The highest BCUT2D eigenvalue weighted by molar-refractivity contribution is 5.27. The van der Waals surface area contributed by atoms with Crippen LogP contribution >= 0.6 is 0 Å². The van der Waals surface area contributed by atoms with Crippen molar-refractivity contribution in [2.45, 2.75) is 32.4 Å². The van der Waals surface area contributed by atoms with Crippen LogP contribution in [-0.4, -0.2) is 35.8 Å². The molecule has 0 aromatic heterocycles. The van der Waals surface area contributed by atoms with E-state index < -0.39 is 0 Å². The van der Waals surface area contributed by atoms with Gasteiger partial charge in [-0.05, 0) is 30.5 Å². The third-order valence-electron chi connectivity index (χ3n) is 3.05. The molecule has 0 unspecified atom stereocenters. The Balaban J connectivity index is 1.85. The number of aliphatic hydroxyl groups excluding tert-OH is 1. The summed E-state index contributed by atoms with van der Waals surface area (Å²) in [6.07, 6.45) is 1.80. The van der Waals surface area contributed by atoms with Gasteiger partial charge in [0.1, 0.15) is 5.75 Å². The quantitative estimate of drug-likeness (QED) is 0.847. The van der Waals surface area contributed by atoms with Crippen LogP contribution in [0.4, 0.5) is 0 Å². The molecule has 1 heterocycles. The van der Waals surface area contributed by atoms with E-state index in [0.29, 0.717) is 0 Å². The zero-order chi connectivity index (χ0) is 12.1. The van der Waals surface area contributed by atoms with Crippen LogP contribution in [0.3, 0.4) is 0 Å². The Morgan fingerprint density at radius 2 is 2.12 bits per heavy atom. The highest BCUT2D eigenvalue weighted by atomic mass is 16.5. The molecule has 0 aliphatic carbocycles. The van der Waals surface area contributed by atoms with Crippen molar-refractivity contribution in [3.8, 4) is 5.75 Å². The maximum absolute atomic E-state index is 9.46. The van der Waals surface area contributed by atoms with Crippen LogP contribution in [0.5, 0.6) is 5.75 Å². The summed E-state index contributed by atoms with van der Waals surface area (Å²) in [5, 5.41) is 9.46. The lowest BCUT2D eigenvalue weighted by Crippen LogP contribution is -2.21. The molecule has 1 fully saturated rings. The van der Waals surface area contributed by atoms with Gasteiger partial charge in [-0.1, -0.05) is 19.1 Å². The maximum Gasteiger partial charge on any atom is 0.119 e.